The second-order valence-corrected chi connectivity index (χ2v) is 5.93. The van der Waals surface area contributed by atoms with E-state index in [1.807, 2.05) is 13.8 Å². The molecular formula is C9H14N2OS2. The smallest absolute Gasteiger partial charge is 0.232 e. The van der Waals surface area contributed by atoms with E-state index in [-0.39, 0.29) is 4.75 Å². The van der Waals surface area contributed by atoms with Crippen LogP contribution in [0.4, 0.5) is 0 Å². The highest BCUT2D eigenvalue weighted by Crippen LogP contribution is 2.40. The van der Waals surface area contributed by atoms with Crippen molar-refractivity contribution in [3.05, 3.63) is 11.8 Å². The van der Waals surface area contributed by atoms with Crippen molar-refractivity contribution in [2.24, 2.45) is 0 Å². The number of aromatic nitrogens is 2. The number of rotatable bonds is 3. The standard InChI is InChI=1S/C9H14N2OS2/c1-9(2,14-13)8-11-10-7(12-8)6-4-3-5-6/h6,13H,3-5H2,1-2H3. The molecule has 1 aliphatic carbocycles. The first-order chi connectivity index (χ1) is 6.63. The zero-order chi connectivity index (χ0) is 10.2. The molecule has 0 radical (unpaired) electrons. The first kappa shape index (κ1) is 10.4. The van der Waals surface area contributed by atoms with Crippen LogP contribution in [0.5, 0.6) is 0 Å². The largest absolute Gasteiger partial charge is 0.423 e. The van der Waals surface area contributed by atoms with E-state index in [0.717, 1.165) is 5.89 Å². The molecule has 0 unspecified atom stereocenters. The molecule has 2 rings (SSSR count). The summed E-state index contributed by atoms with van der Waals surface area (Å²) in [6.07, 6.45) is 3.67. The van der Waals surface area contributed by atoms with Crippen LogP contribution in [0.1, 0.15) is 50.8 Å². The van der Waals surface area contributed by atoms with E-state index < -0.39 is 0 Å². The summed E-state index contributed by atoms with van der Waals surface area (Å²) in [7, 11) is 1.43. The minimum atomic E-state index is -0.196. The van der Waals surface area contributed by atoms with Gasteiger partial charge in [0.15, 0.2) is 0 Å². The summed E-state index contributed by atoms with van der Waals surface area (Å²) in [5.74, 6) is 2.00. The Balaban J connectivity index is 2.16. The molecule has 1 aromatic heterocycles. The number of nitrogens with zero attached hydrogens (tertiary/aromatic N) is 2. The van der Waals surface area contributed by atoms with Crippen molar-refractivity contribution in [1.82, 2.24) is 10.2 Å². The Morgan fingerprint density at radius 1 is 1.43 bits per heavy atom. The summed E-state index contributed by atoms with van der Waals surface area (Å²) in [4.78, 5) is 0. The van der Waals surface area contributed by atoms with E-state index in [1.54, 1.807) is 0 Å². The molecular weight excluding hydrogens is 216 g/mol. The molecule has 0 saturated heterocycles. The number of hydrogen-bond acceptors (Lipinski definition) is 5. The zero-order valence-electron chi connectivity index (χ0n) is 8.36. The van der Waals surface area contributed by atoms with Crippen LogP contribution in [-0.2, 0) is 4.75 Å². The highest BCUT2D eigenvalue weighted by Gasteiger charge is 2.30. The molecule has 5 heteroatoms. The third-order valence-corrected chi connectivity index (χ3v) is 4.64. The van der Waals surface area contributed by atoms with Crippen molar-refractivity contribution in [1.29, 1.82) is 0 Å². The second-order valence-electron chi connectivity index (χ2n) is 4.17. The summed E-state index contributed by atoms with van der Waals surface area (Å²) in [5, 5.41) is 8.16. The van der Waals surface area contributed by atoms with Gasteiger partial charge in [-0.25, -0.2) is 0 Å². The number of hydrogen-bond donors (Lipinski definition) is 1. The molecule has 1 fully saturated rings. The van der Waals surface area contributed by atoms with E-state index in [4.69, 9.17) is 4.42 Å². The fraction of sp³-hybridized carbons (Fsp3) is 0.778. The third kappa shape index (κ3) is 1.80. The van der Waals surface area contributed by atoms with Gasteiger partial charge in [0.25, 0.3) is 0 Å². The lowest BCUT2D eigenvalue weighted by Crippen LogP contribution is -2.10. The molecule has 1 aromatic rings. The molecule has 0 atom stereocenters. The highest BCUT2D eigenvalue weighted by atomic mass is 33.1. The summed E-state index contributed by atoms with van der Waals surface area (Å²) >= 11 is 4.20. The zero-order valence-corrected chi connectivity index (χ0v) is 10.1. The average Bonchev–Trinajstić information content (AvgIpc) is 2.51. The lowest BCUT2D eigenvalue weighted by molar-refractivity contribution is 0.317. The molecule has 0 aromatic carbocycles. The van der Waals surface area contributed by atoms with Gasteiger partial charge in [-0.1, -0.05) is 17.2 Å². The SMILES string of the molecule is CC(C)(SS)c1nnc(C2CCC2)o1. The van der Waals surface area contributed by atoms with Gasteiger partial charge in [0.05, 0.1) is 4.75 Å². The van der Waals surface area contributed by atoms with Crippen LogP contribution in [0.3, 0.4) is 0 Å². The van der Waals surface area contributed by atoms with Gasteiger partial charge in [-0.3, -0.25) is 0 Å². The minimum absolute atomic E-state index is 0.196. The third-order valence-electron chi connectivity index (χ3n) is 2.64. The quantitative estimate of drug-likeness (QED) is 0.639. The summed E-state index contributed by atoms with van der Waals surface area (Å²) in [5.41, 5.74) is 0. The molecule has 0 N–H and O–H groups in total. The van der Waals surface area contributed by atoms with Crippen LogP contribution in [-0.4, -0.2) is 10.2 Å². The van der Waals surface area contributed by atoms with Crippen LogP contribution in [0.25, 0.3) is 0 Å². The first-order valence-electron chi connectivity index (χ1n) is 4.80. The van der Waals surface area contributed by atoms with Crippen molar-refractivity contribution in [2.45, 2.75) is 43.8 Å². The maximum absolute atomic E-state index is 5.65. The van der Waals surface area contributed by atoms with Crippen LogP contribution in [0, 0.1) is 0 Å². The summed E-state index contributed by atoms with van der Waals surface area (Å²) in [6.45, 7) is 4.06. The Morgan fingerprint density at radius 2 is 2.14 bits per heavy atom. The molecule has 3 nitrogen and oxygen atoms in total. The van der Waals surface area contributed by atoms with Gasteiger partial charge >= 0.3 is 0 Å². The Kier molecular flexibility index (Phi) is 2.79. The van der Waals surface area contributed by atoms with Gasteiger partial charge in [-0.05, 0) is 26.7 Å². The van der Waals surface area contributed by atoms with E-state index in [9.17, 15) is 0 Å². The maximum atomic E-state index is 5.65. The van der Waals surface area contributed by atoms with Gasteiger partial charge in [0.1, 0.15) is 0 Å². The predicted octanol–water partition coefficient (Wildman–Crippen LogP) is 3.15. The monoisotopic (exact) mass is 230 g/mol. The van der Waals surface area contributed by atoms with Crippen molar-refractivity contribution < 1.29 is 4.42 Å². The normalized spacial score (nSPS) is 18.2. The van der Waals surface area contributed by atoms with E-state index in [0.29, 0.717) is 11.8 Å². The van der Waals surface area contributed by atoms with Gasteiger partial charge < -0.3 is 4.42 Å². The fourth-order valence-electron chi connectivity index (χ4n) is 1.34. The second kappa shape index (κ2) is 3.77. The van der Waals surface area contributed by atoms with Crippen molar-refractivity contribution in [3.8, 4) is 0 Å². The van der Waals surface area contributed by atoms with Crippen LogP contribution in [0.15, 0.2) is 4.42 Å². The molecule has 0 aliphatic heterocycles. The van der Waals surface area contributed by atoms with Gasteiger partial charge in [-0.15, -0.1) is 21.9 Å². The summed E-state index contributed by atoms with van der Waals surface area (Å²) < 4.78 is 5.45. The Morgan fingerprint density at radius 3 is 2.64 bits per heavy atom. The molecule has 0 bridgehead atoms. The minimum Gasteiger partial charge on any atom is -0.423 e. The van der Waals surface area contributed by atoms with Gasteiger partial charge in [0, 0.05) is 5.92 Å². The summed E-state index contributed by atoms with van der Waals surface area (Å²) in [6, 6.07) is 0. The molecule has 0 amide bonds. The van der Waals surface area contributed by atoms with Crippen LogP contribution < -0.4 is 0 Å². The van der Waals surface area contributed by atoms with Crippen LogP contribution >= 0.6 is 22.5 Å². The average molecular weight is 230 g/mol. The molecule has 1 saturated carbocycles. The molecule has 1 heterocycles. The van der Waals surface area contributed by atoms with Crippen molar-refractivity contribution in [2.75, 3.05) is 0 Å². The van der Waals surface area contributed by atoms with Crippen molar-refractivity contribution in [3.63, 3.8) is 0 Å². The lowest BCUT2D eigenvalue weighted by Gasteiger charge is -2.21. The van der Waals surface area contributed by atoms with Gasteiger partial charge in [-0.2, -0.15) is 0 Å². The molecule has 78 valence electrons. The Labute approximate surface area is 92.9 Å². The first-order valence-corrected chi connectivity index (χ1v) is 6.67. The van der Waals surface area contributed by atoms with E-state index in [2.05, 4.69) is 21.9 Å². The predicted molar refractivity (Wildman–Crippen MR) is 60.5 cm³/mol. The topological polar surface area (TPSA) is 38.9 Å². The van der Waals surface area contributed by atoms with Gasteiger partial charge in [0.2, 0.25) is 11.8 Å². The fourth-order valence-corrected chi connectivity index (χ4v) is 1.73. The number of thiol groups is 1. The molecule has 0 spiro atoms. The van der Waals surface area contributed by atoms with Crippen molar-refractivity contribution >= 4 is 22.5 Å². The Bertz CT molecular complexity index is 320. The van der Waals surface area contributed by atoms with E-state index >= 15 is 0 Å². The van der Waals surface area contributed by atoms with E-state index in [1.165, 1.54) is 30.1 Å². The molecule has 14 heavy (non-hydrogen) atoms. The Hall–Kier alpha value is -0.160. The molecule has 1 aliphatic rings. The maximum Gasteiger partial charge on any atom is 0.232 e. The lowest BCUT2D eigenvalue weighted by atomic mass is 9.85. The van der Waals surface area contributed by atoms with Crippen LogP contribution in [0.2, 0.25) is 0 Å². The highest BCUT2D eigenvalue weighted by molar-refractivity contribution is 8.68.